The van der Waals surface area contributed by atoms with Crippen molar-refractivity contribution in [2.45, 2.75) is 31.7 Å². The summed E-state index contributed by atoms with van der Waals surface area (Å²) in [6.07, 6.45) is 4.77. The number of carbonyl (C=O) groups is 1. The van der Waals surface area contributed by atoms with Crippen LogP contribution < -0.4 is 53.6 Å². The van der Waals surface area contributed by atoms with E-state index in [0.29, 0.717) is 6.54 Å². The van der Waals surface area contributed by atoms with Gasteiger partial charge in [0.15, 0.2) is 0 Å². The van der Waals surface area contributed by atoms with E-state index < -0.39 is 0 Å². The number of hydrogen-bond donors (Lipinski definition) is 10. The molecule has 0 saturated carbocycles. The predicted octanol–water partition coefficient (Wildman–Crippen LogP) is -3.28. The second-order valence-corrected chi connectivity index (χ2v) is 8.78. The molecule has 11 nitrogen and oxygen atoms in total. The molecule has 1 amide bonds. The highest BCUT2D eigenvalue weighted by molar-refractivity contribution is 5.80. The molecule has 34 heavy (non-hydrogen) atoms. The minimum absolute atomic E-state index is 0.296. The van der Waals surface area contributed by atoms with E-state index in [1.165, 1.54) is 19.3 Å². The van der Waals surface area contributed by atoms with Gasteiger partial charge >= 0.3 is 0 Å². The minimum atomic E-state index is -0.321. The number of carbonyl (C=O) groups excluding carboxylic acids is 1. The summed E-state index contributed by atoms with van der Waals surface area (Å²) in [5.41, 5.74) is 5.54. The van der Waals surface area contributed by atoms with Crippen molar-refractivity contribution in [3.63, 3.8) is 0 Å². The molecule has 202 valence electrons. The third-order valence-electron chi connectivity index (χ3n) is 5.71. The maximum atomic E-state index is 11.7. The van der Waals surface area contributed by atoms with Crippen LogP contribution in [0.5, 0.6) is 0 Å². The van der Waals surface area contributed by atoms with Crippen LogP contribution in [0.15, 0.2) is 0 Å². The molecule has 11 heteroatoms. The van der Waals surface area contributed by atoms with Crippen LogP contribution in [0.3, 0.4) is 0 Å². The Labute approximate surface area is 207 Å². The van der Waals surface area contributed by atoms with Gasteiger partial charge in [0.05, 0.1) is 6.04 Å². The Balaban J connectivity index is 2.16. The van der Waals surface area contributed by atoms with Crippen LogP contribution in [0.1, 0.15) is 25.7 Å². The average Bonchev–Trinajstić information content (AvgIpc) is 2.83. The summed E-state index contributed by atoms with van der Waals surface area (Å²) < 4.78 is 0. The van der Waals surface area contributed by atoms with Crippen molar-refractivity contribution in [1.29, 1.82) is 0 Å². The van der Waals surface area contributed by atoms with Crippen molar-refractivity contribution < 1.29 is 4.79 Å². The van der Waals surface area contributed by atoms with Gasteiger partial charge in [-0.1, -0.05) is 12.8 Å². The summed E-state index contributed by atoms with van der Waals surface area (Å²) in [5, 5.41) is 30.8. The van der Waals surface area contributed by atoms with Gasteiger partial charge in [0.25, 0.3) is 0 Å². The maximum Gasteiger partial charge on any atom is 0.235 e. The molecular weight excluding hydrogens is 432 g/mol. The first kappa shape index (κ1) is 31.1. The average molecular weight is 487 g/mol. The van der Waals surface area contributed by atoms with Crippen LogP contribution in [-0.2, 0) is 4.79 Å². The SMILES string of the molecule is NC(=O)C1CNCCCCCCNCCNCCNCCNCCNCCNCCNCCN1. The first-order valence-electron chi connectivity index (χ1n) is 13.5. The van der Waals surface area contributed by atoms with E-state index >= 15 is 0 Å². The molecule has 0 radical (unpaired) electrons. The van der Waals surface area contributed by atoms with E-state index in [-0.39, 0.29) is 11.9 Å². The van der Waals surface area contributed by atoms with Crippen molar-refractivity contribution in [3.05, 3.63) is 0 Å². The van der Waals surface area contributed by atoms with E-state index in [9.17, 15) is 4.79 Å². The molecule has 0 spiro atoms. The Morgan fingerprint density at radius 3 is 1.15 bits per heavy atom. The number of nitrogens with two attached hydrogens (primary N) is 1. The lowest BCUT2D eigenvalue weighted by Gasteiger charge is -2.16. The molecule has 1 rings (SSSR count). The minimum Gasteiger partial charge on any atom is -0.368 e. The van der Waals surface area contributed by atoms with Crippen molar-refractivity contribution >= 4 is 5.91 Å². The van der Waals surface area contributed by atoms with Gasteiger partial charge in [0.2, 0.25) is 5.91 Å². The quantitative estimate of drug-likeness (QED) is 0.183. The molecule has 0 aromatic heterocycles. The molecule has 0 aromatic carbocycles. The first-order chi connectivity index (χ1) is 16.8. The van der Waals surface area contributed by atoms with Crippen LogP contribution >= 0.6 is 0 Å². The highest BCUT2D eigenvalue weighted by Crippen LogP contribution is 1.97. The van der Waals surface area contributed by atoms with Crippen LogP contribution in [0.4, 0.5) is 0 Å². The number of rotatable bonds is 1. The van der Waals surface area contributed by atoms with Gasteiger partial charge < -0.3 is 53.6 Å². The Morgan fingerprint density at radius 2 is 0.765 bits per heavy atom. The van der Waals surface area contributed by atoms with E-state index in [1.54, 1.807) is 0 Å². The van der Waals surface area contributed by atoms with Crippen molar-refractivity contribution in [2.24, 2.45) is 5.73 Å². The smallest absolute Gasteiger partial charge is 0.235 e. The molecule has 1 saturated heterocycles. The lowest BCUT2D eigenvalue weighted by Crippen LogP contribution is -2.49. The zero-order valence-corrected chi connectivity index (χ0v) is 21.4. The number of hydrogen-bond acceptors (Lipinski definition) is 10. The van der Waals surface area contributed by atoms with Crippen LogP contribution in [0, 0.1) is 0 Å². The summed E-state index contributed by atoms with van der Waals surface area (Å²) in [4.78, 5) is 11.7. The molecule has 1 aliphatic rings. The topological polar surface area (TPSA) is 151 Å². The lowest BCUT2D eigenvalue weighted by molar-refractivity contribution is -0.119. The van der Waals surface area contributed by atoms with Gasteiger partial charge in [-0.2, -0.15) is 0 Å². The normalized spacial score (nSPS) is 25.0. The fraction of sp³-hybridized carbons (Fsp3) is 0.957. The zero-order valence-electron chi connectivity index (χ0n) is 21.4. The Morgan fingerprint density at radius 1 is 0.441 bits per heavy atom. The third-order valence-corrected chi connectivity index (χ3v) is 5.71. The molecule has 1 heterocycles. The summed E-state index contributed by atoms with van der Waals surface area (Å²) in [6.45, 7) is 15.9. The Kier molecular flexibility index (Phi) is 23.1. The fourth-order valence-electron chi connectivity index (χ4n) is 3.64. The Hall–Kier alpha value is -0.890. The second kappa shape index (κ2) is 25.2. The second-order valence-electron chi connectivity index (χ2n) is 8.78. The van der Waals surface area contributed by atoms with Crippen LogP contribution in [0.2, 0.25) is 0 Å². The van der Waals surface area contributed by atoms with Crippen LogP contribution in [0.25, 0.3) is 0 Å². The van der Waals surface area contributed by atoms with Crippen molar-refractivity contribution in [3.8, 4) is 0 Å². The van der Waals surface area contributed by atoms with Gasteiger partial charge in [0, 0.05) is 98.2 Å². The number of amides is 1. The largest absolute Gasteiger partial charge is 0.368 e. The molecule has 0 bridgehead atoms. The summed E-state index contributed by atoms with van der Waals surface area (Å²) >= 11 is 0. The predicted molar refractivity (Wildman–Crippen MR) is 142 cm³/mol. The maximum absolute atomic E-state index is 11.7. The first-order valence-corrected chi connectivity index (χ1v) is 13.5. The molecule has 1 fully saturated rings. The zero-order chi connectivity index (χ0) is 24.4. The highest BCUT2D eigenvalue weighted by Gasteiger charge is 2.13. The fourth-order valence-corrected chi connectivity index (χ4v) is 3.64. The monoisotopic (exact) mass is 486 g/mol. The number of primary amides is 1. The van der Waals surface area contributed by atoms with E-state index in [2.05, 4.69) is 47.9 Å². The summed E-state index contributed by atoms with van der Waals surface area (Å²) in [7, 11) is 0. The van der Waals surface area contributed by atoms with Crippen molar-refractivity contribution in [2.75, 3.05) is 111 Å². The van der Waals surface area contributed by atoms with Gasteiger partial charge in [-0.15, -0.1) is 0 Å². The summed E-state index contributed by atoms with van der Waals surface area (Å²) in [6, 6.07) is -0.321. The molecule has 1 atom stereocenters. The molecule has 0 aromatic rings. The van der Waals surface area contributed by atoms with Crippen LogP contribution in [-0.4, -0.2) is 123 Å². The highest BCUT2D eigenvalue weighted by atomic mass is 16.1. The van der Waals surface area contributed by atoms with E-state index in [1.807, 2.05) is 0 Å². The number of nitrogens with one attached hydrogen (secondary N) is 9. The lowest BCUT2D eigenvalue weighted by atomic mass is 10.2. The van der Waals surface area contributed by atoms with E-state index in [4.69, 9.17) is 5.73 Å². The summed E-state index contributed by atoms with van der Waals surface area (Å²) in [5.74, 6) is -0.296. The molecule has 1 aliphatic heterocycles. The molecular formula is C23H54N10O. The van der Waals surface area contributed by atoms with Crippen molar-refractivity contribution in [1.82, 2.24) is 47.9 Å². The van der Waals surface area contributed by atoms with E-state index in [0.717, 1.165) is 111 Å². The van der Waals surface area contributed by atoms with Gasteiger partial charge in [-0.05, 0) is 25.9 Å². The standard InChI is InChI=1S/C23H54N10O/c24-23(34)22-21-32-6-4-2-1-3-5-25-7-8-26-9-10-27-11-12-28-13-14-29-15-16-30-17-18-31-19-20-33-22/h22,25-33H,1-21H2,(H2,24,34). The van der Waals surface area contributed by atoms with Gasteiger partial charge in [0.1, 0.15) is 0 Å². The van der Waals surface area contributed by atoms with Gasteiger partial charge in [-0.3, -0.25) is 4.79 Å². The third kappa shape index (κ3) is 21.6. The van der Waals surface area contributed by atoms with Gasteiger partial charge in [-0.25, -0.2) is 0 Å². The molecule has 11 N–H and O–H groups in total. The molecule has 0 aliphatic carbocycles. The molecule has 1 unspecified atom stereocenters. The Bertz CT molecular complexity index is 412.